The highest BCUT2D eigenvalue weighted by Gasteiger charge is 2.14. The normalized spacial score (nSPS) is 10.9. The van der Waals surface area contributed by atoms with Gasteiger partial charge in [0.15, 0.2) is 0 Å². The zero-order valence-corrected chi connectivity index (χ0v) is 21.6. The minimum atomic E-state index is 0.885. The molecule has 2 heterocycles. The molecule has 0 aliphatic carbocycles. The van der Waals surface area contributed by atoms with Crippen LogP contribution >= 0.6 is 0 Å². The van der Waals surface area contributed by atoms with Crippen LogP contribution in [0.3, 0.4) is 0 Å². The van der Waals surface area contributed by atoms with Crippen LogP contribution in [0.25, 0.3) is 33.8 Å². The maximum absolute atomic E-state index is 5.14. The molecule has 0 N–H and O–H groups in total. The van der Waals surface area contributed by atoms with E-state index in [1.165, 1.54) is 16.9 Å². The molecule has 0 radical (unpaired) electrons. The Bertz CT molecular complexity index is 1220. The van der Waals surface area contributed by atoms with Crippen LogP contribution in [0.1, 0.15) is 33.3 Å². The smallest absolute Gasteiger partial charge is 0.0894 e. The first-order valence-electron chi connectivity index (χ1n) is 12.7. The van der Waals surface area contributed by atoms with Crippen molar-refractivity contribution in [1.82, 2.24) is 9.97 Å². The molecule has 180 valence electrons. The van der Waals surface area contributed by atoms with E-state index >= 15 is 0 Å². The molecule has 0 aliphatic heterocycles. The van der Waals surface area contributed by atoms with Crippen LogP contribution in [-0.2, 0) is 0 Å². The van der Waals surface area contributed by atoms with Gasteiger partial charge in [-0.1, -0.05) is 30.3 Å². The summed E-state index contributed by atoms with van der Waals surface area (Å²) in [5, 5.41) is 0. The van der Waals surface area contributed by atoms with E-state index in [0.29, 0.717) is 0 Å². The maximum atomic E-state index is 5.14. The fourth-order valence-corrected chi connectivity index (χ4v) is 4.53. The molecular formula is C31H36N4. The summed E-state index contributed by atoms with van der Waals surface area (Å²) in [6.45, 7) is 14.8. The number of benzene rings is 2. The summed E-state index contributed by atoms with van der Waals surface area (Å²) in [6.07, 6.45) is 1.90. The van der Waals surface area contributed by atoms with Gasteiger partial charge in [-0.3, -0.25) is 4.98 Å². The first-order chi connectivity index (χ1) is 17.1. The molecule has 4 heteroatoms. The Morgan fingerprint density at radius 1 is 0.571 bits per heavy atom. The molecule has 2 aromatic carbocycles. The summed E-state index contributed by atoms with van der Waals surface area (Å²) in [7, 11) is 0. The highest BCUT2D eigenvalue weighted by molar-refractivity contribution is 5.83. The molecule has 35 heavy (non-hydrogen) atoms. The molecule has 0 unspecified atom stereocenters. The van der Waals surface area contributed by atoms with Crippen LogP contribution in [0.5, 0.6) is 0 Å². The lowest BCUT2D eigenvalue weighted by Gasteiger charge is -2.22. The minimum Gasteiger partial charge on any atom is -0.372 e. The molecule has 2 aromatic heterocycles. The molecule has 4 rings (SSSR count). The van der Waals surface area contributed by atoms with Crippen LogP contribution in [0, 0.1) is 6.92 Å². The fourth-order valence-electron chi connectivity index (χ4n) is 4.53. The average molecular weight is 465 g/mol. The Labute approximate surface area is 210 Å². The number of nitrogens with zero attached hydrogens (tertiary/aromatic N) is 4. The summed E-state index contributed by atoms with van der Waals surface area (Å²) in [6, 6.07) is 26.0. The van der Waals surface area contributed by atoms with E-state index in [1.54, 1.807) is 0 Å². The highest BCUT2D eigenvalue weighted by Crippen LogP contribution is 2.34. The topological polar surface area (TPSA) is 32.3 Å². The van der Waals surface area contributed by atoms with Gasteiger partial charge in [0, 0.05) is 54.9 Å². The first-order valence-corrected chi connectivity index (χ1v) is 12.7. The van der Waals surface area contributed by atoms with E-state index in [1.807, 2.05) is 12.3 Å². The van der Waals surface area contributed by atoms with Gasteiger partial charge in [0.2, 0.25) is 0 Å². The predicted octanol–water partition coefficient (Wildman–Crippen LogP) is 7.48. The Morgan fingerprint density at radius 2 is 1.09 bits per heavy atom. The summed E-state index contributed by atoms with van der Waals surface area (Å²) >= 11 is 0. The lowest BCUT2D eigenvalue weighted by molar-refractivity contribution is 0.866. The van der Waals surface area contributed by atoms with Crippen molar-refractivity contribution in [2.24, 2.45) is 0 Å². The lowest BCUT2D eigenvalue weighted by Crippen LogP contribution is -2.21. The fraction of sp³-hybridized carbons (Fsp3) is 0.290. The Balaban J connectivity index is 1.79. The van der Waals surface area contributed by atoms with Crippen LogP contribution in [0.2, 0.25) is 0 Å². The zero-order chi connectivity index (χ0) is 24.8. The van der Waals surface area contributed by atoms with Crippen LogP contribution in [-0.4, -0.2) is 36.1 Å². The average Bonchev–Trinajstić information content (AvgIpc) is 2.91. The van der Waals surface area contributed by atoms with Crippen molar-refractivity contribution in [1.29, 1.82) is 0 Å². The molecule has 0 saturated carbocycles. The lowest BCUT2D eigenvalue weighted by atomic mass is 9.97. The number of rotatable bonds is 9. The second-order valence-corrected chi connectivity index (χ2v) is 8.75. The number of aryl methyl sites for hydroxylation is 1. The van der Waals surface area contributed by atoms with E-state index in [0.717, 1.165) is 60.0 Å². The highest BCUT2D eigenvalue weighted by atomic mass is 15.1. The Hall–Kier alpha value is -3.66. The summed E-state index contributed by atoms with van der Waals surface area (Å²) in [5.74, 6) is 0. The van der Waals surface area contributed by atoms with Crippen molar-refractivity contribution < 1.29 is 0 Å². The van der Waals surface area contributed by atoms with Gasteiger partial charge in [0.25, 0.3) is 0 Å². The second kappa shape index (κ2) is 11.2. The van der Waals surface area contributed by atoms with E-state index in [2.05, 4.69) is 116 Å². The number of aromatic nitrogens is 2. The van der Waals surface area contributed by atoms with Crippen LogP contribution in [0.4, 0.5) is 11.4 Å². The summed E-state index contributed by atoms with van der Waals surface area (Å²) in [4.78, 5) is 14.5. The van der Waals surface area contributed by atoms with Crippen molar-refractivity contribution >= 4 is 11.4 Å². The van der Waals surface area contributed by atoms with Gasteiger partial charge in [0.1, 0.15) is 0 Å². The van der Waals surface area contributed by atoms with Gasteiger partial charge in [0.05, 0.1) is 17.1 Å². The van der Waals surface area contributed by atoms with Crippen LogP contribution < -0.4 is 9.80 Å². The second-order valence-electron chi connectivity index (χ2n) is 8.75. The van der Waals surface area contributed by atoms with Gasteiger partial charge in [-0.15, -0.1) is 0 Å². The zero-order valence-electron chi connectivity index (χ0n) is 21.6. The molecule has 0 amide bonds. The number of anilines is 2. The largest absolute Gasteiger partial charge is 0.372 e. The molecule has 0 fully saturated rings. The molecule has 0 atom stereocenters. The van der Waals surface area contributed by atoms with Gasteiger partial charge in [-0.05, 0) is 88.2 Å². The van der Waals surface area contributed by atoms with Crippen molar-refractivity contribution in [3.8, 4) is 33.8 Å². The third kappa shape index (κ3) is 5.37. The third-order valence-corrected chi connectivity index (χ3v) is 6.65. The SMILES string of the molecule is CCN(CC)c1ccc(-c2ccc(-c3ccc(C)cn3)nc2-c2ccc(N(CC)CC)cc2)cc1. The van der Waals surface area contributed by atoms with Gasteiger partial charge in [-0.25, -0.2) is 4.98 Å². The van der Waals surface area contributed by atoms with E-state index in [9.17, 15) is 0 Å². The molecule has 4 nitrogen and oxygen atoms in total. The van der Waals surface area contributed by atoms with E-state index in [-0.39, 0.29) is 0 Å². The first kappa shape index (κ1) is 24.5. The molecule has 0 spiro atoms. The maximum Gasteiger partial charge on any atom is 0.0894 e. The standard InChI is InChI=1S/C31H36N4/c1-6-34(7-2)26-15-11-24(12-16-26)28-19-21-30(29-20-10-23(5)22-32-29)33-31(28)25-13-17-27(18-14-25)35(8-3)9-4/h10-22H,6-9H2,1-5H3. The summed E-state index contributed by atoms with van der Waals surface area (Å²) < 4.78 is 0. The summed E-state index contributed by atoms with van der Waals surface area (Å²) in [5.41, 5.74) is 9.78. The number of hydrogen-bond acceptors (Lipinski definition) is 4. The van der Waals surface area contributed by atoms with Gasteiger partial charge < -0.3 is 9.80 Å². The van der Waals surface area contributed by atoms with Crippen molar-refractivity contribution in [2.45, 2.75) is 34.6 Å². The number of pyridine rings is 2. The Morgan fingerprint density at radius 3 is 1.57 bits per heavy atom. The molecular weight excluding hydrogens is 428 g/mol. The minimum absolute atomic E-state index is 0.885. The van der Waals surface area contributed by atoms with Gasteiger partial charge >= 0.3 is 0 Å². The van der Waals surface area contributed by atoms with Crippen molar-refractivity contribution in [2.75, 3.05) is 36.0 Å². The van der Waals surface area contributed by atoms with Crippen LogP contribution in [0.15, 0.2) is 79.0 Å². The van der Waals surface area contributed by atoms with Gasteiger partial charge in [-0.2, -0.15) is 0 Å². The quantitative estimate of drug-likeness (QED) is 0.257. The molecule has 0 saturated heterocycles. The van der Waals surface area contributed by atoms with E-state index in [4.69, 9.17) is 4.98 Å². The molecule has 4 aromatic rings. The third-order valence-electron chi connectivity index (χ3n) is 6.65. The van der Waals surface area contributed by atoms with Crippen molar-refractivity contribution in [3.63, 3.8) is 0 Å². The molecule has 0 bridgehead atoms. The Kier molecular flexibility index (Phi) is 7.81. The number of hydrogen-bond donors (Lipinski definition) is 0. The monoisotopic (exact) mass is 464 g/mol. The van der Waals surface area contributed by atoms with E-state index < -0.39 is 0 Å². The predicted molar refractivity (Wildman–Crippen MR) is 150 cm³/mol. The molecule has 0 aliphatic rings. The van der Waals surface area contributed by atoms with Crippen molar-refractivity contribution in [3.05, 3.63) is 84.6 Å².